The van der Waals surface area contributed by atoms with E-state index in [9.17, 15) is 14.4 Å². The molecular formula is C26H27N3O4. The summed E-state index contributed by atoms with van der Waals surface area (Å²) in [6.45, 7) is 3.71. The number of hydrogen-bond donors (Lipinski definition) is 3. The second kappa shape index (κ2) is 10.9. The van der Waals surface area contributed by atoms with E-state index in [-0.39, 0.29) is 23.3 Å². The molecule has 0 aliphatic rings. The quantitative estimate of drug-likeness (QED) is 0.481. The van der Waals surface area contributed by atoms with Crippen LogP contribution in [0, 0.1) is 5.92 Å². The van der Waals surface area contributed by atoms with Crippen molar-refractivity contribution in [2.45, 2.75) is 19.9 Å². The maximum atomic E-state index is 13.1. The average Bonchev–Trinajstić information content (AvgIpc) is 2.83. The zero-order chi connectivity index (χ0) is 23.8. The third-order valence-electron chi connectivity index (χ3n) is 5.05. The molecule has 0 heterocycles. The third kappa shape index (κ3) is 6.20. The van der Waals surface area contributed by atoms with Crippen molar-refractivity contribution in [3.8, 4) is 5.75 Å². The molecule has 0 aliphatic carbocycles. The fourth-order valence-electron chi connectivity index (χ4n) is 3.22. The molecule has 3 N–H and O–H groups in total. The van der Waals surface area contributed by atoms with Crippen molar-refractivity contribution in [2.24, 2.45) is 5.92 Å². The highest BCUT2D eigenvalue weighted by molar-refractivity contribution is 6.10. The predicted molar refractivity (Wildman–Crippen MR) is 129 cm³/mol. The normalized spacial score (nSPS) is 11.4. The molecule has 3 rings (SSSR count). The fourth-order valence-corrected chi connectivity index (χ4v) is 3.22. The molecule has 3 amide bonds. The zero-order valence-electron chi connectivity index (χ0n) is 18.8. The Labute approximate surface area is 193 Å². The van der Waals surface area contributed by atoms with Crippen LogP contribution in [0.15, 0.2) is 78.9 Å². The van der Waals surface area contributed by atoms with Crippen molar-refractivity contribution < 1.29 is 19.1 Å². The third-order valence-corrected chi connectivity index (χ3v) is 5.05. The van der Waals surface area contributed by atoms with Crippen molar-refractivity contribution in [3.63, 3.8) is 0 Å². The van der Waals surface area contributed by atoms with Gasteiger partial charge in [-0.05, 0) is 54.4 Å². The first-order chi connectivity index (χ1) is 15.9. The van der Waals surface area contributed by atoms with Gasteiger partial charge in [-0.15, -0.1) is 0 Å². The van der Waals surface area contributed by atoms with Crippen LogP contribution in [-0.4, -0.2) is 30.9 Å². The second-order valence-electron chi connectivity index (χ2n) is 7.78. The molecule has 1 atom stereocenters. The molecule has 33 heavy (non-hydrogen) atoms. The topological polar surface area (TPSA) is 96.5 Å². The van der Waals surface area contributed by atoms with Gasteiger partial charge in [0.2, 0.25) is 5.91 Å². The Bertz CT molecular complexity index is 1110. The number of amides is 3. The van der Waals surface area contributed by atoms with E-state index < -0.39 is 11.9 Å². The summed E-state index contributed by atoms with van der Waals surface area (Å²) in [5.41, 5.74) is 1.68. The van der Waals surface area contributed by atoms with Crippen LogP contribution in [0.25, 0.3) is 0 Å². The molecule has 0 saturated heterocycles. The lowest BCUT2D eigenvalue weighted by Crippen LogP contribution is -2.47. The first-order valence-electron chi connectivity index (χ1n) is 10.6. The minimum absolute atomic E-state index is 0.154. The van der Waals surface area contributed by atoms with Crippen molar-refractivity contribution in [3.05, 3.63) is 90.0 Å². The molecule has 0 radical (unpaired) electrons. The summed E-state index contributed by atoms with van der Waals surface area (Å²) < 4.78 is 5.11. The van der Waals surface area contributed by atoms with Crippen molar-refractivity contribution in [1.82, 2.24) is 5.32 Å². The SMILES string of the molecule is COc1ccc(C(=O)Nc2ccccc2C(=O)N[C@@H](C(=O)Nc2ccccc2)C(C)C)cc1. The molecule has 7 heteroatoms. The van der Waals surface area contributed by atoms with Gasteiger partial charge in [-0.2, -0.15) is 0 Å². The molecule has 0 aromatic heterocycles. The monoisotopic (exact) mass is 445 g/mol. The largest absolute Gasteiger partial charge is 0.497 e. The van der Waals surface area contributed by atoms with E-state index in [1.807, 2.05) is 32.0 Å². The number of hydrogen-bond acceptors (Lipinski definition) is 4. The van der Waals surface area contributed by atoms with E-state index in [2.05, 4.69) is 16.0 Å². The van der Waals surface area contributed by atoms with E-state index in [0.717, 1.165) is 0 Å². The van der Waals surface area contributed by atoms with Crippen LogP contribution in [-0.2, 0) is 4.79 Å². The van der Waals surface area contributed by atoms with Gasteiger partial charge in [-0.3, -0.25) is 14.4 Å². The number of carbonyl (C=O) groups excluding carboxylic acids is 3. The van der Waals surface area contributed by atoms with Crippen LogP contribution >= 0.6 is 0 Å². The van der Waals surface area contributed by atoms with Crippen LogP contribution in [0.2, 0.25) is 0 Å². The van der Waals surface area contributed by atoms with E-state index >= 15 is 0 Å². The first kappa shape index (κ1) is 23.5. The molecule has 3 aromatic rings. The molecule has 0 aliphatic heterocycles. The number of nitrogens with one attached hydrogen (secondary N) is 3. The van der Waals surface area contributed by atoms with Gasteiger partial charge in [0, 0.05) is 11.3 Å². The summed E-state index contributed by atoms with van der Waals surface area (Å²) in [7, 11) is 1.55. The van der Waals surface area contributed by atoms with Crippen molar-refractivity contribution >= 4 is 29.1 Å². The maximum Gasteiger partial charge on any atom is 0.255 e. The minimum atomic E-state index is -0.761. The number of benzene rings is 3. The number of rotatable bonds is 8. The van der Waals surface area contributed by atoms with Crippen molar-refractivity contribution in [1.29, 1.82) is 0 Å². The van der Waals surface area contributed by atoms with Crippen molar-refractivity contribution in [2.75, 3.05) is 17.7 Å². The lowest BCUT2D eigenvalue weighted by Gasteiger charge is -2.22. The lowest BCUT2D eigenvalue weighted by molar-refractivity contribution is -0.118. The Kier molecular flexibility index (Phi) is 7.81. The second-order valence-corrected chi connectivity index (χ2v) is 7.78. The standard InChI is InChI=1S/C26H27N3O4/c1-17(2)23(26(32)27-19-9-5-4-6-10-19)29-25(31)21-11-7-8-12-22(21)28-24(30)18-13-15-20(33-3)16-14-18/h4-17,23H,1-3H3,(H,27,32)(H,28,30)(H,29,31)/t23-/m1/s1. The summed E-state index contributed by atoms with van der Waals surface area (Å²) in [6.07, 6.45) is 0. The Morgan fingerprint density at radius 3 is 2.03 bits per heavy atom. The van der Waals surface area contributed by atoms with Crippen LogP contribution < -0.4 is 20.7 Å². The Hall–Kier alpha value is -4.13. The molecule has 7 nitrogen and oxygen atoms in total. The highest BCUT2D eigenvalue weighted by Crippen LogP contribution is 2.19. The van der Waals surface area contributed by atoms with Gasteiger partial charge in [0.1, 0.15) is 11.8 Å². The lowest BCUT2D eigenvalue weighted by atomic mass is 10.0. The minimum Gasteiger partial charge on any atom is -0.497 e. The van der Waals surface area contributed by atoms with Crippen LogP contribution in [0.4, 0.5) is 11.4 Å². The number of ether oxygens (including phenoxy) is 1. The van der Waals surface area contributed by atoms with Gasteiger partial charge < -0.3 is 20.7 Å². The molecule has 0 saturated carbocycles. The number of anilines is 2. The Balaban J connectivity index is 1.74. The van der Waals surface area contributed by atoms with Gasteiger partial charge in [-0.1, -0.05) is 44.2 Å². The highest BCUT2D eigenvalue weighted by Gasteiger charge is 2.26. The van der Waals surface area contributed by atoms with E-state index in [1.165, 1.54) is 0 Å². The maximum absolute atomic E-state index is 13.1. The fraction of sp³-hybridized carbons (Fsp3) is 0.192. The van der Waals surface area contributed by atoms with Gasteiger partial charge in [0.05, 0.1) is 18.4 Å². The van der Waals surface area contributed by atoms with E-state index in [1.54, 1.807) is 67.8 Å². The summed E-state index contributed by atoms with van der Waals surface area (Å²) >= 11 is 0. The number of para-hydroxylation sites is 2. The molecule has 0 unspecified atom stereocenters. The van der Waals surface area contributed by atoms with Crippen LogP contribution in [0.5, 0.6) is 5.75 Å². The molecular weight excluding hydrogens is 418 g/mol. The zero-order valence-corrected chi connectivity index (χ0v) is 18.8. The number of methoxy groups -OCH3 is 1. The molecule has 0 fully saturated rings. The Morgan fingerprint density at radius 2 is 1.39 bits per heavy atom. The molecule has 3 aromatic carbocycles. The van der Waals surface area contributed by atoms with E-state index in [4.69, 9.17) is 4.74 Å². The summed E-state index contributed by atoms with van der Waals surface area (Å²) in [5.74, 6) is -0.648. The molecule has 0 bridgehead atoms. The van der Waals surface area contributed by atoms with Gasteiger partial charge >= 0.3 is 0 Å². The van der Waals surface area contributed by atoms with Crippen LogP contribution in [0.3, 0.4) is 0 Å². The summed E-state index contributed by atoms with van der Waals surface area (Å²) in [6, 6.07) is 21.6. The predicted octanol–water partition coefficient (Wildman–Crippen LogP) is 4.34. The molecule has 0 spiro atoms. The van der Waals surface area contributed by atoms with Gasteiger partial charge in [-0.25, -0.2) is 0 Å². The van der Waals surface area contributed by atoms with Gasteiger partial charge in [0.15, 0.2) is 0 Å². The summed E-state index contributed by atoms with van der Waals surface area (Å²) in [5, 5.41) is 8.40. The smallest absolute Gasteiger partial charge is 0.255 e. The van der Waals surface area contributed by atoms with Gasteiger partial charge in [0.25, 0.3) is 11.8 Å². The Morgan fingerprint density at radius 1 is 0.758 bits per heavy atom. The van der Waals surface area contributed by atoms with Crippen LogP contribution in [0.1, 0.15) is 34.6 Å². The average molecular weight is 446 g/mol. The summed E-state index contributed by atoms with van der Waals surface area (Å²) in [4.78, 5) is 38.6. The number of carbonyl (C=O) groups is 3. The first-order valence-corrected chi connectivity index (χ1v) is 10.6. The molecule has 170 valence electrons. The van der Waals surface area contributed by atoms with E-state index in [0.29, 0.717) is 22.7 Å². The highest BCUT2D eigenvalue weighted by atomic mass is 16.5.